The Morgan fingerprint density at radius 2 is 1.67 bits per heavy atom. The molecule has 3 heterocycles. The van der Waals surface area contributed by atoms with Crippen molar-refractivity contribution in [2.75, 3.05) is 55.9 Å². The average Bonchev–Trinajstić information content (AvgIpc) is 3.04. The zero-order chi connectivity index (χ0) is 29.9. The maximum atomic E-state index is 12.7. The van der Waals surface area contributed by atoms with E-state index in [-0.39, 0.29) is 18.6 Å². The molecule has 1 saturated heterocycles. The molecule has 1 fully saturated rings. The molecule has 230 valence electrons. The van der Waals surface area contributed by atoms with Crippen molar-refractivity contribution in [1.82, 2.24) is 9.88 Å². The average molecular weight is 587 g/mol. The third kappa shape index (κ3) is 8.47. The number of anilines is 2. The third-order valence-electron chi connectivity index (χ3n) is 8.53. The van der Waals surface area contributed by atoms with E-state index in [0.717, 1.165) is 70.4 Å². The first-order valence-electron chi connectivity index (χ1n) is 16.2. The van der Waals surface area contributed by atoms with Crippen molar-refractivity contribution in [3.63, 3.8) is 0 Å². The van der Waals surface area contributed by atoms with Gasteiger partial charge in [0.1, 0.15) is 5.82 Å². The van der Waals surface area contributed by atoms with Crippen molar-refractivity contribution in [2.45, 2.75) is 71.1 Å². The van der Waals surface area contributed by atoms with Gasteiger partial charge in [-0.1, -0.05) is 69.0 Å². The molecular formula is C35H46N4O4. The number of hydrogen-bond donors (Lipinski definition) is 0. The smallest absolute Gasteiger partial charge is 0.307 e. The van der Waals surface area contributed by atoms with Gasteiger partial charge in [0.2, 0.25) is 11.8 Å². The molecule has 0 unspecified atom stereocenters. The van der Waals surface area contributed by atoms with Gasteiger partial charge in [0.15, 0.2) is 6.73 Å². The van der Waals surface area contributed by atoms with Crippen LogP contribution in [0.2, 0.25) is 0 Å². The minimum atomic E-state index is -0.265. The van der Waals surface area contributed by atoms with Gasteiger partial charge in [-0.05, 0) is 55.3 Å². The molecule has 43 heavy (non-hydrogen) atoms. The molecule has 0 radical (unpaired) electrons. The molecule has 0 aliphatic carbocycles. The van der Waals surface area contributed by atoms with Crippen molar-refractivity contribution in [1.29, 1.82) is 0 Å². The lowest BCUT2D eigenvalue weighted by molar-refractivity contribution is -0.144. The number of esters is 1. The molecular weight excluding hydrogens is 540 g/mol. The van der Waals surface area contributed by atoms with E-state index in [1.54, 1.807) is 0 Å². The Labute approximate surface area is 256 Å². The summed E-state index contributed by atoms with van der Waals surface area (Å²) in [5.41, 5.74) is 2.31. The van der Waals surface area contributed by atoms with Crippen molar-refractivity contribution < 1.29 is 19.1 Å². The van der Waals surface area contributed by atoms with Gasteiger partial charge in [0.05, 0.1) is 6.61 Å². The lowest BCUT2D eigenvalue weighted by Gasteiger charge is -2.36. The van der Waals surface area contributed by atoms with Crippen LogP contribution in [0.4, 0.5) is 11.5 Å². The molecule has 3 aromatic rings. The van der Waals surface area contributed by atoms with Crippen LogP contribution in [0.5, 0.6) is 5.88 Å². The molecule has 2 aliphatic rings. The first-order valence-corrected chi connectivity index (χ1v) is 16.2. The maximum Gasteiger partial charge on any atom is 0.307 e. The Morgan fingerprint density at radius 1 is 0.860 bits per heavy atom. The second kappa shape index (κ2) is 15.7. The summed E-state index contributed by atoms with van der Waals surface area (Å²) in [5, 5.41) is 2.62. The number of ether oxygens (including phenoxy) is 2. The number of pyridine rings is 1. The number of piperazine rings is 1. The molecule has 8 heteroatoms. The normalized spacial score (nSPS) is 15.5. The third-order valence-corrected chi connectivity index (χ3v) is 8.53. The Kier molecular flexibility index (Phi) is 11.3. The van der Waals surface area contributed by atoms with Gasteiger partial charge in [-0.2, -0.15) is 4.98 Å². The Hall–Kier alpha value is -3.65. The quantitative estimate of drug-likeness (QED) is 0.152. The Morgan fingerprint density at radius 3 is 2.53 bits per heavy atom. The van der Waals surface area contributed by atoms with Crippen LogP contribution in [0.15, 0.2) is 54.6 Å². The number of aromatic nitrogens is 1. The van der Waals surface area contributed by atoms with Crippen LogP contribution in [0.25, 0.3) is 10.8 Å². The van der Waals surface area contributed by atoms with E-state index >= 15 is 0 Å². The summed E-state index contributed by atoms with van der Waals surface area (Å²) in [7, 11) is 0. The highest BCUT2D eigenvalue weighted by Crippen LogP contribution is 2.29. The summed E-state index contributed by atoms with van der Waals surface area (Å²) in [4.78, 5) is 36.1. The first-order chi connectivity index (χ1) is 21.1. The van der Waals surface area contributed by atoms with Crippen LogP contribution in [0.1, 0.15) is 70.3 Å². The van der Waals surface area contributed by atoms with Gasteiger partial charge < -0.3 is 14.4 Å². The highest BCUT2D eigenvalue weighted by atomic mass is 16.5. The predicted octanol–water partition coefficient (Wildman–Crippen LogP) is 6.36. The van der Waals surface area contributed by atoms with E-state index in [9.17, 15) is 9.59 Å². The molecule has 1 amide bonds. The molecule has 0 atom stereocenters. The largest absolute Gasteiger partial charge is 0.478 e. The minimum absolute atomic E-state index is 0.0755. The van der Waals surface area contributed by atoms with Gasteiger partial charge in [0.25, 0.3) is 0 Å². The lowest BCUT2D eigenvalue weighted by Crippen LogP contribution is -2.46. The van der Waals surface area contributed by atoms with Crippen molar-refractivity contribution in [3.05, 3.63) is 60.2 Å². The van der Waals surface area contributed by atoms with Crippen LogP contribution >= 0.6 is 0 Å². The van der Waals surface area contributed by atoms with Crippen LogP contribution < -0.4 is 14.5 Å². The fraction of sp³-hybridized carbons (Fsp3) is 0.514. The number of rotatable bonds is 15. The molecule has 1 aromatic heterocycles. The van der Waals surface area contributed by atoms with Crippen LogP contribution in [0.3, 0.4) is 0 Å². The maximum absolute atomic E-state index is 12.7. The van der Waals surface area contributed by atoms with Gasteiger partial charge >= 0.3 is 5.97 Å². The molecule has 2 aliphatic heterocycles. The lowest BCUT2D eigenvalue weighted by atomic mass is 10.1. The number of fused-ring (bicyclic) bond motifs is 2. The standard InChI is InChI=1S/C35H46N4O4/c1-2-3-4-5-6-16-34(41)43-27-39-33(40)20-18-29-17-19-32(36-35(29)39)42-26-10-9-21-37-22-24-38(25-23-37)31-15-11-13-28-12-7-8-14-30(28)31/h7-8,11-15,17,19H,2-6,9-10,16,18,20-27H2,1H3. The second-order valence-corrected chi connectivity index (χ2v) is 11.6. The van der Waals surface area contributed by atoms with Crippen LogP contribution in [-0.4, -0.2) is 67.8 Å². The molecule has 5 rings (SSSR count). The fourth-order valence-corrected chi connectivity index (χ4v) is 5.99. The monoisotopic (exact) mass is 586 g/mol. The number of aryl methyl sites for hydroxylation is 1. The summed E-state index contributed by atoms with van der Waals surface area (Å²) in [5.74, 6) is 0.713. The predicted molar refractivity (Wildman–Crippen MR) is 172 cm³/mol. The summed E-state index contributed by atoms with van der Waals surface area (Å²) in [6.07, 6.45) is 8.74. The number of carbonyl (C=O) groups is 2. The van der Waals surface area contributed by atoms with E-state index in [0.29, 0.717) is 37.6 Å². The Balaban J connectivity index is 1.03. The molecule has 0 N–H and O–H groups in total. The van der Waals surface area contributed by atoms with Gasteiger partial charge in [-0.3, -0.25) is 19.4 Å². The number of hydrogen-bond acceptors (Lipinski definition) is 7. The topological polar surface area (TPSA) is 75.2 Å². The van der Waals surface area contributed by atoms with Gasteiger partial charge in [-0.25, -0.2) is 0 Å². The zero-order valence-electron chi connectivity index (χ0n) is 25.6. The van der Waals surface area contributed by atoms with E-state index in [4.69, 9.17) is 9.47 Å². The Bertz CT molecular complexity index is 1350. The number of unbranched alkanes of at least 4 members (excludes halogenated alkanes) is 5. The molecule has 0 saturated carbocycles. The first kappa shape index (κ1) is 30.8. The summed E-state index contributed by atoms with van der Waals surface area (Å²) in [6, 6.07) is 19.0. The minimum Gasteiger partial charge on any atom is -0.478 e. The van der Waals surface area contributed by atoms with Crippen LogP contribution in [-0.2, 0) is 20.7 Å². The summed E-state index contributed by atoms with van der Waals surface area (Å²) >= 11 is 0. The molecule has 0 spiro atoms. The van der Waals surface area contributed by atoms with E-state index in [1.165, 1.54) is 34.2 Å². The highest BCUT2D eigenvalue weighted by Gasteiger charge is 2.27. The molecule has 8 nitrogen and oxygen atoms in total. The summed E-state index contributed by atoms with van der Waals surface area (Å²) < 4.78 is 11.4. The van der Waals surface area contributed by atoms with E-state index in [2.05, 4.69) is 64.2 Å². The SMILES string of the molecule is CCCCCCCC(=O)OCN1C(=O)CCc2ccc(OCCCCN3CCN(c4cccc5ccccc45)CC3)nc21. The van der Waals surface area contributed by atoms with E-state index in [1.807, 2.05) is 12.1 Å². The van der Waals surface area contributed by atoms with Gasteiger partial charge in [0, 0.05) is 56.2 Å². The highest BCUT2D eigenvalue weighted by molar-refractivity contribution is 5.95. The van der Waals surface area contributed by atoms with E-state index < -0.39 is 0 Å². The van der Waals surface area contributed by atoms with Crippen molar-refractivity contribution >= 4 is 34.2 Å². The number of amides is 1. The molecule has 0 bridgehead atoms. The van der Waals surface area contributed by atoms with Crippen molar-refractivity contribution in [3.8, 4) is 5.88 Å². The zero-order valence-corrected chi connectivity index (χ0v) is 25.6. The molecule has 2 aromatic carbocycles. The number of benzene rings is 2. The fourth-order valence-electron chi connectivity index (χ4n) is 5.99. The second-order valence-electron chi connectivity index (χ2n) is 11.6. The summed E-state index contributed by atoms with van der Waals surface area (Å²) in [6.45, 7) is 7.89. The number of nitrogens with zero attached hydrogens (tertiary/aromatic N) is 4. The van der Waals surface area contributed by atoms with Gasteiger partial charge in [-0.15, -0.1) is 0 Å². The van der Waals surface area contributed by atoms with Crippen molar-refractivity contribution in [2.24, 2.45) is 0 Å². The number of carbonyl (C=O) groups excluding carboxylic acids is 2. The van der Waals surface area contributed by atoms with Crippen LogP contribution in [0, 0.1) is 0 Å².